The molecule has 1 N–H and O–H groups in total. The van der Waals surface area contributed by atoms with Gasteiger partial charge in [-0.25, -0.2) is 0 Å². The lowest BCUT2D eigenvalue weighted by Crippen LogP contribution is -2.19. The number of ether oxygens (including phenoxy) is 1. The molecule has 0 aromatic heterocycles. The van der Waals surface area contributed by atoms with Crippen LogP contribution in [0.1, 0.15) is 36.5 Å². The van der Waals surface area contributed by atoms with E-state index < -0.39 is 0 Å². The Bertz CT molecular complexity index is 362. The van der Waals surface area contributed by atoms with Crippen LogP contribution in [0.2, 0.25) is 0 Å². The quantitative estimate of drug-likeness (QED) is 0.748. The molecule has 2 rings (SSSR count). The molecule has 1 aliphatic rings. The first-order valence-corrected chi connectivity index (χ1v) is 7.29. The lowest BCUT2D eigenvalue weighted by molar-refractivity contribution is 0.139. The Hall–Kier alpha value is -0.860. The zero-order chi connectivity index (χ0) is 12.6. The van der Waals surface area contributed by atoms with Gasteiger partial charge in [0.15, 0.2) is 0 Å². The maximum Gasteiger partial charge on any atom is 0.0591 e. The van der Waals surface area contributed by atoms with Crippen molar-refractivity contribution in [3.8, 4) is 0 Å². The highest BCUT2D eigenvalue weighted by Crippen LogP contribution is 2.22. The van der Waals surface area contributed by atoms with Crippen molar-refractivity contribution in [1.29, 1.82) is 0 Å². The minimum atomic E-state index is 0.818. The molecule has 0 bridgehead atoms. The van der Waals surface area contributed by atoms with E-state index in [-0.39, 0.29) is 0 Å². The minimum Gasteiger partial charge on any atom is -0.380 e. The second-order valence-corrected chi connectivity index (χ2v) is 5.03. The summed E-state index contributed by atoms with van der Waals surface area (Å²) in [5, 5.41) is 3.26. The highest BCUT2D eigenvalue weighted by atomic mass is 16.5. The van der Waals surface area contributed by atoms with E-state index in [0.717, 1.165) is 32.7 Å². The molecule has 1 aromatic rings. The van der Waals surface area contributed by atoms with Gasteiger partial charge in [-0.1, -0.05) is 25.1 Å². The van der Waals surface area contributed by atoms with E-state index in [4.69, 9.17) is 4.74 Å². The average Bonchev–Trinajstić information content (AvgIpc) is 2.42. The third-order valence-electron chi connectivity index (χ3n) is 3.62. The van der Waals surface area contributed by atoms with Crippen LogP contribution in [-0.2, 0) is 24.0 Å². The van der Waals surface area contributed by atoms with Crippen LogP contribution in [0, 0.1) is 0 Å². The van der Waals surface area contributed by atoms with Crippen LogP contribution in [-0.4, -0.2) is 26.3 Å². The van der Waals surface area contributed by atoms with Crippen LogP contribution >= 0.6 is 0 Å². The highest BCUT2D eigenvalue weighted by Gasteiger charge is 2.09. The van der Waals surface area contributed by atoms with E-state index in [9.17, 15) is 0 Å². The molecule has 0 radical (unpaired) electrons. The molecule has 0 heterocycles. The fourth-order valence-electron chi connectivity index (χ4n) is 2.56. The number of likely N-dealkylation sites (N-methyl/N-ethyl adjacent to an activating group) is 1. The Kier molecular flexibility index (Phi) is 5.69. The third kappa shape index (κ3) is 4.11. The van der Waals surface area contributed by atoms with E-state index in [1.807, 2.05) is 0 Å². The molecule has 0 spiro atoms. The summed E-state index contributed by atoms with van der Waals surface area (Å²) in [6, 6.07) is 6.99. The number of benzene rings is 1. The van der Waals surface area contributed by atoms with E-state index in [1.54, 1.807) is 11.1 Å². The third-order valence-corrected chi connectivity index (χ3v) is 3.62. The van der Waals surface area contributed by atoms with Gasteiger partial charge in [-0.2, -0.15) is 0 Å². The minimum absolute atomic E-state index is 0.818. The molecular formula is C16H25NO. The Balaban J connectivity index is 1.72. The van der Waals surface area contributed by atoms with Crippen LogP contribution < -0.4 is 5.32 Å². The summed E-state index contributed by atoms with van der Waals surface area (Å²) in [4.78, 5) is 0. The Labute approximate surface area is 111 Å². The Morgan fingerprint density at radius 1 is 1.11 bits per heavy atom. The van der Waals surface area contributed by atoms with E-state index in [2.05, 4.69) is 30.4 Å². The number of hydrogen-bond acceptors (Lipinski definition) is 2. The largest absolute Gasteiger partial charge is 0.380 e. The maximum absolute atomic E-state index is 5.62. The molecule has 0 saturated heterocycles. The van der Waals surface area contributed by atoms with Crippen molar-refractivity contribution in [1.82, 2.24) is 5.32 Å². The van der Waals surface area contributed by atoms with Gasteiger partial charge in [-0.3, -0.25) is 0 Å². The molecule has 1 aromatic carbocycles. The van der Waals surface area contributed by atoms with Crippen molar-refractivity contribution in [2.24, 2.45) is 0 Å². The molecule has 0 atom stereocenters. The summed E-state index contributed by atoms with van der Waals surface area (Å²) >= 11 is 0. The molecule has 18 heavy (non-hydrogen) atoms. The van der Waals surface area contributed by atoms with Gasteiger partial charge >= 0.3 is 0 Å². The van der Waals surface area contributed by atoms with Crippen molar-refractivity contribution in [2.75, 3.05) is 26.3 Å². The molecule has 1 aliphatic carbocycles. The molecule has 2 heteroatoms. The van der Waals surface area contributed by atoms with E-state index >= 15 is 0 Å². The predicted octanol–water partition coefficient (Wildman–Crippen LogP) is 2.73. The van der Waals surface area contributed by atoms with Crippen LogP contribution in [0.15, 0.2) is 18.2 Å². The Morgan fingerprint density at radius 3 is 2.78 bits per heavy atom. The molecule has 2 nitrogen and oxygen atoms in total. The van der Waals surface area contributed by atoms with Gasteiger partial charge in [0.1, 0.15) is 0 Å². The van der Waals surface area contributed by atoms with Gasteiger partial charge < -0.3 is 10.1 Å². The van der Waals surface area contributed by atoms with Crippen LogP contribution in [0.3, 0.4) is 0 Å². The molecule has 0 fully saturated rings. The van der Waals surface area contributed by atoms with Crippen LogP contribution in [0.25, 0.3) is 0 Å². The van der Waals surface area contributed by atoms with Crippen molar-refractivity contribution in [2.45, 2.75) is 39.0 Å². The van der Waals surface area contributed by atoms with Crippen molar-refractivity contribution in [3.63, 3.8) is 0 Å². The number of fused-ring (bicyclic) bond motifs is 1. The molecule has 0 unspecified atom stereocenters. The van der Waals surface area contributed by atoms with Gasteiger partial charge in [-0.15, -0.1) is 0 Å². The first-order chi connectivity index (χ1) is 8.90. The van der Waals surface area contributed by atoms with Crippen molar-refractivity contribution in [3.05, 3.63) is 34.9 Å². The topological polar surface area (TPSA) is 21.3 Å². The van der Waals surface area contributed by atoms with Gasteiger partial charge in [0, 0.05) is 6.54 Å². The number of aryl methyl sites for hydroxylation is 2. The second-order valence-electron chi connectivity index (χ2n) is 5.03. The smallest absolute Gasteiger partial charge is 0.0591 e. The lowest BCUT2D eigenvalue weighted by Gasteiger charge is -2.16. The zero-order valence-corrected chi connectivity index (χ0v) is 11.5. The fourth-order valence-corrected chi connectivity index (χ4v) is 2.56. The van der Waals surface area contributed by atoms with Gasteiger partial charge in [0.05, 0.1) is 13.2 Å². The number of hydrogen-bond donors (Lipinski definition) is 1. The summed E-state index contributed by atoms with van der Waals surface area (Å²) in [6.45, 7) is 5.75. The van der Waals surface area contributed by atoms with E-state index in [1.165, 1.54) is 31.2 Å². The average molecular weight is 247 g/mol. The monoisotopic (exact) mass is 247 g/mol. The molecular weight excluding hydrogens is 222 g/mol. The number of nitrogens with one attached hydrogen (secondary N) is 1. The van der Waals surface area contributed by atoms with Gasteiger partial charge in [0.2, 0.25) is 0 Å². The molecule has 100 valence electrons. The predicted molar refractivity (Wildman–Crippen MR) is 76.2 cm³/mol. The summed E-state index contributed by atoms with van der Waals surface area (Å²) in [5.41, 5.74) is 4.57. The van der Waals surface area contributed by atoms with Gasteiger partial charge in [-0.05, 0) is 55.3 Å². The van der Waals surface area contributed by atoms with Crippen molar-refractivity contribution >= 4 is 0 Å². The van der Waals surface area contributed by atoms with Crippen LogP contribution in [0.5, 0.6) is 0 Å². The lowest BCUT2D eigenvalue weighted by atomic mass is 9.90. The highest BCUT2D eigenvalue weighted by molar-refractivity contribution is 5.33. The summed E-state index contributed by atoms with van der Waals surface area (Å²) in [6.07, 6.45) is 6.30. The summed E-state index contributed by atoms with van der Waals surface area (Å²) in [7, 11) is 0. The summed E-state index contributed by atoms with van der Waals surface area (Å²) in [5.74, 6) is 0. The summed E-state index contributed by atoms with van der Waals surface area (Å²) < 4.78 is 5.62. The van der Waals surface area contributed by atoms with Crippen LogP contribution in [0.4, 0.5) is 0 Å². The molecule has 0 amide bonds. The fraction of sp³-hybridized carbons (Fsp3) is 0.625. The zero-order valence-electron chi connectivity index (χ0n) is 11.5. The molecule has 0 aliphatic heterocycles. The number of rotatable bonds is 7. The second kappa shape index (κ2) is 7.55. The SMILES string of the molecule is CCNCCOCCc1ccc2c(c1)CCCC2. The normalized spacial score (nSPS) is 14.5. The first kappa shape index (κ1) is 13.6. The van der Waals surface area contributed by atoms with E-state index in [0.29, 0.717) is 0 Å². The standard InChI is InChI=1S/C16H25NO/c1-2-17-10-12-18-11-9-14-7-8-15-5-3-4-6-16(15)13-14/h7-8,13,17H,2-6,9-12H2,1H3. The Morgan fingerprint density at radius 2 is 1.94 bits per heavy atom. The first-order valence-electron chi connectivity index (χ1n) is 7.29. The van der Waals surface area contributed by atoms with Gasteiger partial charge in [0.25, 0.3) is 0 Å². The van der Waals surface area contributed by atoms with Crippen molar-refractivity contribution < 1.29 is 4.74 Å². The molecule has 0 saturated carbocycles. The maximum atomic E-state index is 5.62.